The van der Waals surface area contributed by atoms with Crippen LogP contribution < -0.4 is 9.47 Å². The van der Waals surface area contributed by atoms with Crippen LogP contribution >= 0.6 is 11.8 Å². The number of carbonyl (C=O) groups is 2. The van der Waals surface area contributed by atoms with Gasteiger partial charge in [-0.3, -0.25) is 9.59 Å². The van der Waals surface area contributed by atoms with Crippen molar-refractivity contribution >= 4 is 23.5 Å². The molecule has 3 aromatic rings. The summed E-state index contributed by atoms with van der Waals surface area (Å²) in [5, 5.41) is -0.567. The molecule has 0 saturated heterocycles. The van der Waals surface area contributed by atoms with Gasteiger partial charge in [-0.15, -0.1) is 11.8 Å². The highest BCUT2D eigenvalue weighted by Gasteiger charge is 2.25. The average molecular weight is 406 g/mol. The lowest BCUT2D eigenvalue weighted by atomic mass is 10.1. The van der Waals surface area contributed by atoms with Crippen molar-refractivity contribution in [2.24, 2.45) is 0 Å². The number of Topliss-reactive ketones (excluding diaryl/α,β-unsaturated/α-hetero) is 1. The van der Waals surface area contributed by atoms with E-state index in [2.05, 4.69) is 0 Å². The molecular formula is C23H18O5S. The van der Waals surface area contributed by atoms with Gasteiger partial charge in [0.05, 0.1) is 0 Å². The number of benzene rings is 3. The lowest BCUT2D eigenvalue weighted by Crippen LogP contribution is -2.18. The highest BCUT2D eigenvalue weighted by molar-refractivity contribution is 8.00. The molecule has 1 unspecified atom stereocenters. The van der Waals surface area contributed by atoms with E-state index in [0.29, 0.717) is 17.1 Å². The molecule has 0 bridgehead atoms. The highest BCUT2D eigenvalue weighted by Crippen LogP contribution is 2.36. The largest absolute Gasteiger partial charge is 0.456 e. The van der Waals surface area contributed by atoms with E-state index in [0.717, 1.165) is 10.5 Å². The molecule has 1 atom stereocenters. The molecule has 0 amide bonds. The zero-order valence-electron chi connectivity index (χ0n) is 15.4. The molecule has 0 spiro atoms. The predicted octanol–water partition coefficient (Wildman–Crippen LogP) is 4.67. The van der Waals surface area contributed by atoms with Gasteiger partial charge in [-0.2, -0.15) is 0 Å². The summed E-state index contributed by atoms with van der Waals surface area (Å²) in [5.41, 5.74) is 1.23. The lowest BCUT2D eigenvalue weighted by Gasteiger charge is -2.16. The molecule has 1 aliphatic heterocycles. The Hall–Kier alpha value is -3.25. The smallest absolute Gasteiger partial charge is 0.324 e. The van der Waals surface area contributed by atoms with Gasteiger partial charge in [-0.1, -0.05) is 48.5 Å². The van der Waals surface area contributed by atoms with Gasteiger partial charge in [0.2, 0.25) is 6.79 Å². The number of hydrogen-bond donors (Lipinski definition) is 0. The maximum absolute atomic E-state index is 12.8. The standard InChI is InChI=1S/C23H18O5S/c24-19(17-11-12-20-21(13-17)28-15-27-20)14-26-23(25)22(16-7-3-1-4-8-16)29-18-9-5-2-6-10-18/h1-13,22H,14-15H2. The molecule has 6 heteroatoms. The molecule has 3 aromatic carbocycles. The maximum Gasteiger partial charge on any atom is 0.324 e. The van der Waals surface area contributed by atoms with Crippen molar-refractivity contribution in [2.75, 3.05) is 13.4 Å². The number of thioether (sulfide) groups is 1. The fourth-order valence-electron chi connectivity index (χ4n) is 2.88. The quantitative estimate of drug-likeness (QED) is 0.323. The molecule has 0 saturated carbocycles. The van der Waals surface area contributed by atoms with Gasteiger partial charge in [0.1, 0.15) is 5.25 Å². The number of hydrogen-bond acceptors (Lipinski definition) is 6. The second-order valence-corrected chi connectivity index (χ2v) is 7.50. The van der Waals surface area contributed by atoms with Crippen LogP contribution in [0.2, 0.25) is 0 Å². The van der Waals surface area contributed by atoms with E-state index in [1.54, 1.807) is 18.2 Å². The van der Waals surface area contributed by atoms with Crippen LogP contribution in [0.25, 0.3) is 0 Å². The summed E-state index contributed by atoms with van der Waals surface area (Å²) in [4.78, 5) is 26.3. The summed E-state index contributed by atoms with van der Waals surface area (Å²) in [6.07, 6.45) is 0. The number of carbonyl (C=O) groups excluding carboxylic acids is 2. The van der Waals surface area contributed by atoms with Crippen LogP contribution in [0.5, 0.6) is 11.5 Å². The van der Waals surface area contributed by atoms with Crippen molar-refractivity contribution in [3.05, 3.63) is 90.0 Å². The lowest BCUT2D eigenvalue weighted by molar-refractivity contribution is -0.142. The molecule has 0 aromatic heterocycles. The van der Waals surface area contributed by atoms with Crippen LogP contribution in [0.4, 0.5) is 0 Å². The van der Waals surface area contributed by atoms with E-state index in [9.17, 15) is 9.59 Å². The van der Waals surface area contributed by atoms with Gasteiger partial charge in [0.15, 0.2) is 23.9 Å². The van der Waals surface area contributed by atoms with Crippen LogP contribution in [-0.4, -0.2) is 25.2 Å². The Morgan fingerprint density at radius 3 is 2.34 bits per heavy atom. The molecule has 0 fully saturated rings. The van der Waals surface area contributed by atoms with Crippen molar-refractivity contribution in [3.8, 4) is 11.5 Å². The molecule has 0 radical (unpaired) electrons. The minimum atomic E-state index is -0.567. The maximum atomic E-state index is 12.8. The van der Waals surface area contributed by atoms with Gasteiger partial charge in [0, 0.05) is 10.5 Å². The normalized spacial score (nSPS) is 13.0. The first-order valence-electron chi connectivity index (χ1n) is 9.07. The zero-order chi connectivity index (χ0) is 20.1. The summed E-state index contributed by atoms with van der Waals surface area (Å²) < 4.78 is 15.9. The molecule has 1 aliphatic rings. The van der Waals surface area contributed by atoms with E-state index in [4.69, 9.17) is 14.2 Å². The van der Waals surface area contributed by atoms with Crippen LogP contribution in [0.1, 0.15) is 21.2 Å². The van der Waals surface area contributed by atoms with Crippen LogP contribution in [0.15, 0.2) is 83.8 Å². The van der Waals surface area contributed by atoms with Gasteiger partial charge in [-0.25, -0.2) is 0 Å². The summed E-state index contributed by atoms with van der Waals surface area (Å²) in [5.74, 6) is 0.359. The number of esters is 1. The third kappa shape index (κ3) is 4.60. The number of rotatable bonds is 7. The second-order valence-electron chi connectivity index (χ2n) is 6.32. The number of fused-ring (bicyclic) bond motifs is 1. The molecule has 0 N–H and O–H groups in total. The minimum Gasteiger partial charge on any atom is -0.456 e. The van der Waals surface area contributed by atoms with E-state index in [-0.39, 0.29) is 19.2 Å². The SMILES string of the molecule is O=C(COC(=O)C(Sc1ccccc1)c1ccccc1)c1ccc2c(c1)OCO2. The van der Waals surface area contributed by atoms with Gasteiger partial charge < -0.3 is 14.2 Å². The molecule has 1 heterocycles. The Morgan fingerprint density at radius 2 is 1.59 bits per heavy atom. The molecular weight excluding hydrogens is 388 g/mol. The third-order valence-electron chi connectivity index (χ3n) is 4.35. The van der Waals surface area contributed by atoms with Crippen LogP contribution in [-0.2, 0) is 9.53 Å². The van der Waals surface area contributed by atoms with Crippen LogP contribution in [0, 0.1) is 0 Å². The van der Waals surface area contributed by atoms with Gasteiger partial charge in [-0.05, 0) is 35.9 Å². The van der Waals surface area contributed by atoms with E-state index >= 15 is 0 Å². The summed E-state index contributed by atoms with van der Waals surface area (Å²) in [6.45, 7) is -0.200. The monoisotopic (exact) mass is 406 g/mol. The topological polar surface area (TPSA) is 61.8 Å². The van der Waals surface area contributed by atoms with Crippen LogP contribution in [0.3, 0.4) is 0 Å². The Bertz CT molecular complexity index is 1000. The second kappa shape index (κ2) is 8.84. The zero-order valence-corrected chi connectivity index (χ0v) is 16.3. The van der Waals surface area contributed by atoms with E-state index in [1.807, 2.05) is 60.7 Å². The van der Waals surface area contributed by atoms with Crippen molar-refractivity contribution in [3.63, 3.8) is 0 Å². The van der Waals surface area contributed by atoms with Crippen molar-refractivity contribution in [2.45, 2.75) is 10.1 Å². The Labute approximate surface area is 172 Å². The highest BCUT2D eigenvalue weighted by atomic mass is 32.2. The third-order valence-corrected chi connectivity index (χ3v) is 5.60. The van der Waals surface area contributed by atoms with Crippen molar-refractivity contribution in [1.29, 1.82) is 0 Å². The fourth-order valence-corrected chi connectivity index (χ4v) is 3.92. The first-order chi connectivity index (χ1) is 14.2. The van der Waals surface area contributed by atoms with E-state index < -0.39 is 11.2 Å². The molecule has 146 valence electrons. The molecule has 0 aliphatic carbocycles. The molecule has 5 nitrogen and oxygen atoms in total. The van der Waals surface area contributed by atoms with Gasteiger partial charge >= 0.3 is 5.97 Å². The summed E-state index contributed by atoms with van der Waals surface area (Å²) in [6, 6.07) is 23.9. The summed E-state index contributed by atoms with van der Waals surface area (Å²) >= 11 is 1.39. The first-order valence-corrected chi connectivity index (χ1v) is 9.95. The predicted molar refractivity (Wildman–Crippen MR) is 109 cm³/mol. The number of ketones is 1. The Balaban J connectivity index is 1.45. The van der Waals surface area contributed by atoms with Gasteiger partial charge in [0.25, 0.3) is 0 Å². The van der Waals surface area contributed by atoms with E-state index in [1.165, 1.54) is 11.8 Å². The van der Waals surface area contributed by atoms with Crippen molar-refractivity contribution in [1.82, 2.24) is 0 Å². The summed E-state index contributed by atoms with van der Waals surface area (Å²) in [7, 11) is 0. The fraction of sp³-hybridized carbons (Fsp3) is 0.130. The molecule has 29 heavy (non-hydrogen) atoms. The Kier molecular flexibility index (Phi) is 5.81. The minimum absolute atomic E-state index is 0.136. The Morgan fingerprint density at radius 1 is 0.897 bits per heavy atom. The molecule has 4 rings (SSSR count). The average Bonchev–Trinajstić information content (AvgIpc) is 3.25. The van der Waals surface area contributed by atoms with Crippen molar-refractivity contribution < 1.29 is 23.8 Å². The number of ether oxygens (including phenoxy) is 3. The first kappa shape index (κ1) is 19.1.